The molecular formula is C13H19N3O5. The topological polar surface area (TPSA) is 103 Å². The highest BCUT2D eigenvalue weighted by atomic mass is 16.6. The molecule has 0 unspecified atom stereocenters. The zero-order valence-electron chi connectivity index (χ0n) is 11.8. The molecular weight excluding hydrogens is 278 g/mol. The molecule has 0 fully saturated rings. The number of nitrogens with one attached hydrogen (secondary N) is 2. The average Bonchev–Trinajstić information content (AvgIpc) is 2.46. The second-order valence-electron chi connectivity index (χ2n) is 4.15. The normalized spacial score (nSPS) is 10.1. The molecule has 0 spiro atoms. The number of nitro groups is 1. The largest absolute Gasteiger partial charge is 0.382 e. The minimum Gasteiger partial charge on any atom is -0.382 e. The molecule has 0 aliphatic heterocycles. The highest BCUT2D eigenvalue weighted by molar-refractivity contribution is 5.89. The van der Waals surface area contributed by atoms with Crippen molar-refractivity contribution in [2.75, 3.05) is 38.8 Å². The van der Waals surface area contributed by atoms with Crippen LogP contribution in [0.15, 0.2) is 24.3 Å². The number of benzene rings is 1. The molecule has 116 valence electrons. The van der Waals surface area contributed by atoms with Crippen LogP contribution >= 0.6 is 0 Å². The van der Waals surface area contributed by atoms with E-state index in [0.29, 0.717) is 38.5 Å². The summed E-state index contributed by atoms with van der Waals surface area (Å²) in [5, 5.41) is 15.8. The third-order valence-corrected chi connectivity index (χ3v) is 2.50. The van der Waals surface area contributed by atoms with Gasteiger partial charge in [0.05, 0.1) is 18.1 Å². The number of hydrogen-bond acceptors (Lipinski definition) is 5. The molecule has 21 heavy (non-hydrogen) atoms. The van der Waals surface area contributed by atoms with E-state index in [1.165, 1.54) is 18.2 Å². The van der Waals surface area contributed by atoms with E-state index >= 15 is 0 Å². The van der Waals surface area contributed by atoms with E-state index in [9.17, 15) is 14.9 Å². The lowest BCUT2D eigenvalue weighted by Gasteiger charge is -2.08. The number of amides is 2. The molecule has 0 saturated heterocycles. The second kappa shape index (κ2) is 9.67. The number of anilines is 1. The molecule has 0 saturated carbocycles. The zero-order chi connectivity index (χ0) is 15.5. The first kappa shape index (κ1) is 16.9. The minimum atomic E-state index is -0.513. The molecule has 1 rings (SSSR count). The molecule has 1 aromatic carbocycles. The molecule has 0 atom stereocenters. The number of rotatable bonds is 9. The molecule has 8 heteroatoms. The Balaban J connectivity index is 2.21. The zero-order valence-corrected chi connectivity index (χ0v) is 11.8. The number of urea groups is 1. The average molecular weight is 297 g/mol. The van der Waals surface area contributed by atoms with Crippen LogP contribution in [0, 0.1) is 10.1 Å². The summed E-state index contributed by atoms with van der Waals surface area (Å²) in [6.07, 6.45) is 0.673. The van der Waals surface area contributed by atoms with Gasteiger partial charge in [0.25, 0.3) is 5.69 Å². The van der Waals surface area contributed by atoms with Crippen LogP contribution in [0.25, 0.3) is 0 Å². The van der Waals surface area contributed by atoms with Crippen molar-refractivity contribution in [1.29, 1.82) is 0 Å². The molecule has 2 N–H and O–H groups in total. The van der Waals surface area contributed by atoms with Gasteiger partial charge >= 0.3 is 6.03 Å². The first-order valence-electron chi connectivity index (χ1n) is 6.49. The van der Waals surface area contributed by atoms with Gasteiger partial charge in [-0.1, -0.05) is 6.07 Å². The van der Waals surface area contributed by atoms with Gasteiger partial charge in [-0.15, -0.1) is 0 Å². The van der Waals surface area contributed by atoms with Crippen molar-refractivity contribution in [2.45, 2.75) is 6.42 Å². The van der Waals surface area contributed by atoms with E-state index in [2.05, 4.69) is 10.6 Å². The number of carbonyl (C=O) groups excluding carboxylic acids is 1. The Hall–Kier alpha value is -2.19. The smallest absolute Gasteiger partial charge is 0.319 e. The van der Waals surface area contributed by atoms with Crippen molar-refractivity contribution >= 4 is 17.4 Å². The molecule has 0 aliphatic rings. The van der Waals surface area contributed by atoms with Crippen LogP contribution in [-0.4, -0.2) is 44.4 Å². The van der Waals surface area contributed by atoms with Gasteiger partial charge < -0.3 is 20.1 Å². The van der Waals surface area contributed by atoms with Gasteiger partial charge in [0, 0.05) is 38.1 Å². The Morgan fingerprint density at radius 1 is 1.33 bits per heavy atom. The van der Waals surface area contributed by atoms with Crippen molar-refractivity contribution in [3.05, 3.63) is 34.4 Å². The highest BCUT2D eigenvalue weighted by Gasteiger charge is 2.07. The third-order valence-electron chi connectivity index (χ3n) is 2.50. The van der Waals surface area contributed by atoms with E-state index in [1.54, 1.807) is 13.2 Å². The number of nitrogens with zero attached hydrogens (tertiary/aromatic N) is 1. The van der Waals surface area contributed by atoms with Crippen molar-refractivity contribution in [3.63, 3.8) is 0 Å². The summed E-state index contributed by atoms with van der Waals surface area (Å²) < 4.78 is 10.1. The third kappa shape index (κ3) is 7.23. The summed E-state index contributed by atoms with van der Waals surface area (Å²) >= 11 is 0. The van der Waals surface area contributed by atoms with Gasteiger partial charge in [0.1, 0.15) is 0 Å². The number of nitro benzene ring substituents is 1. The molecule has 0 aliphatic carbocycles. The molecule has 1 aromatic rings. The van der Waals surface area contributed by atoms with Crippen molar-refractivity contribution in [3.8, 4) is 0 Å². The highest BCUT2D eigenvalue weighted by Crippen LogP contribution is 2.16. The standard InChI is InChI=1S/C13H19N3O5/c1-20-8-9-21-7-3-6-14-13(17)15-11-4-2-5-12(10-11)16(18)19/h2,4-5,10H,3,6-9H2,1H3,(H2,14,15,17). The van der Waals surface area contributed by atoms with Gasteiger partial charge in [0.2, 0.25) is 0 Å². The van der Waals surface area contributed by atoms with Crippen LogP contribution in [0.2, 0.25) is 0 Å². The predicted octanol–water partition coefficient (Wildman–Crippen LogP) is 1.77. The summed E-state index contributed by atoms with van der Waals surface area (Å²) in [7, 11) is 1.60. The fourth-order valence-corrected chi connectivity index (χ4v) is 1.49. The molecule has 0 bridgehead atoms. The summed E-state index contributed by atoms with van der Waals surface area (Å²) in [6.45, 7) is 2.05. The number of ether oxygens (including phenoxy) is 2. The lowest BCUT2D eigenvalue weighted by molar-refractivity contribution is -0.384. The van der Waals surface area contributed by atoms with E-state index in [-0.39, 0.29) is 5.69 Å². The molecule has 0 radical (unpaired) electrons. The SMILES string of the molecule is COCCOCCCNC(=O)Nc1cccc([N+](=O)[O-])c1. The molecule has 0 aromatic heterocycles. The van der Waals surface area contributed by atoms with Crippen LogP contribution in [0.3, 0.4) is 0 Å². The first-order valence-corrected chi connectivity index (χ1v) is 6.49. The lowest BCUT2D eigenvalue weighted by Crippen LogP contribution is -2.30. The maximum atomic E-state index is 11.6. The quantitative estimate of drug-likeness (QED) is 0.411. The maximum absolute atomic E-state index is 11.6. The first-order chi connectivity index (χ1) is 10.1. The lowest BCUT2D eigenvalue weighted by atomic mass is 10.3. The van der Waals surface area contributed by atoms with Gasteiger partial charge in [-0.3, -0.25) is 10.1 Å². The summed E-state index contributed by atoms with van der Waals surface area (Å²) in [5.74, 6) is 0. The maximum Gasteiger partial charge on any atom is 0.319 e. The Labute approximate surface area is 122 Å². The van der Waals surface area contributed by atoms with Crippen LogP contribution in [0.1, 0.15) is 6.42 Å². The van der Waals surface area contributed by atoms with E-state index in [0.717, 1.165) is 0 Å². The number of carbonyl (C=O) groups is 1. The minimum absolute atomic E-state index is 0.0701. The summed E-state index contributed by atoms with van der Waals surface area (Å²) in [5.41, 5.74) is 0.303. The molecule has 0 heterocycles. The van der Waals surface area contributed by atoms with Crippen molar-refractivity contribution in [1.82, 2.24) is 5.32 Å². The monoisotopic (exact) mass is 297 g/mol. The number of non-ortho nitro benzene ring substituents is 1. The Morgan fingerprint density at radius 3 is 2.86 bits per heavy atom. The Bertz CT molecular complexity index is 467. The van der Waals surface area contributed by atoms with Gasteiger partial charge in [-0.2, -0.15) is 0 Å². The van der Waals surface area contributed by atoms with Gasteiger partial charge in [-0.25, -0.2) is 4.79 Å². The van der Waals surface area contributed by atoms with E-state index in [4.69, 9.17) is 9.47 Å². The van der Waals surface area contributed by atoms with Crippen LogP contribution in [0.4, 0.5) is 16.2 Å². The molecule has 2 amide bonds. The summed E-state index contributed by atoms with van der Waals surface area (Å²) in [4.78, 5) is 21.7. The van der Waals surface area contributed by atoms with Gasteiger partial charge in [0.15, 0.2) is 0 Å². The molecule has 8 nitrogen and oxygen atoms in total. The number of hydrogen-bond donors (Lipinski definition) is 2. The van der Waals surface area contributed by atoms with E-state index < -0.39 is 11.0 Å². The fourth-order valence-electron chi connectivity index (χ4n) is 1.49. The van der Waals surface area contributed by atoms with Crippen molar-refractivity contribution < 1.29 is 19.2 Å². The Morgan fingerprint density at radius 2 is 2.14 bits per heavy atom. The van der Waals surface area contributed by atoms with Crippen LogP contribution < -0.4 is 10.6 Å². The summed E-state index contributed by atoms with van der Waals surface area (Å²) in [6, 6.07) is 5.35. The predicted molar refractivity (Wildman–Crippen MR) is 77.4 cm³/mol. The van der Waals surface area contributed by atoms with E-state index in [1.807, 2.05) is 0 Å². The second-order valence-corrected chi connectivity index (χ2v) is 4.15. The number of methoxy groups -OCH3 is 1. The van der Waals surface area contributed by atoms with Crippen LogP contribution in [-0.2, 0) is 9.47 Å². The Kier molecular flexibility index (Phi) is 7.77. The van der Waals surface area contributed by atoms with Crippen LogP contribution in [0.5, 0.6) is 0 Å². The fraction of sp³-hybridized carbons (Fsp3) is 0.462. The van der Waals surface area contributed by atoms with Gasteiger partial charge in [-0.05, 0) is 12.5 Å². The van der Waals surface area contributed by atoms with Crippen molar-refractivity contribution in [2.24, 2.45) is 0 Å².